The highest BCUT2D eigenvalue weighted by molar-refractivity contribution is 4.79. The van der Waals surface area contributed by atoms with Crippen molar-refractivity contribution in [2.45, 2.75) is 51.6 Å². The van der Waals surface area contributed by atoms with Gasteiger partial charge in [0.2, 0.25) is 0 Å². The summed E-state index contributed by atoms with van der Waals surface area (Å²) in [4.78, 5) is 0. The van der Waals surface area contributed by atoms with E-state index in [2.05, 4.69) is 6.92 Å². The molecule has 0 bridgehead atoms. The molecule has 0 spiro atoms. The first-order chi connectivity index (χ1) is 6.79. The molecule has 0 unspecified atom stereocenters. The molecule has 0 aromatic rings. The Balaban J connectivity index is 1.72. The summed E-state index contributed by atoms with van der Waals surface area (Å²) in [6, 6.07) is 0. The van der Waals surface area contributed by atoms with Crippen LogP contribution in [0.1, 0.15) is 45.4 Å². The van der Waals surface area contributed by atoms with Crippen LogP contribution in [-0.4, -0.2) is 25.9 Å². The SMILES string of the molecule is CC1(CO[C@H]2CCOC2)CCCCC1. The van der Waals surface area contributed by atoms with Gasteiger partial charge in [-0.2, -0.15) is 0 Å². The fraction of sp³-hybridized carbons (Fsp3) is 1.00. The molecule has 1 saturated heterocycles. The van der Waals surface area contributed by atoms with E-state index in [9.17, 15) is 0 Å². The lowest BCUT2D eigenvalue weighted by Gasteiger charge is -2.34. The third-order valence-corrected chi connectivity index (χ3v) is 3.62. The van der Waals surface area contributed by atoms with E-state index in [0.29, 0.717) is 11.5 Å². The molecule has 1 heterocycles. The Hall–Kier alpha value is -0.0800. The van der Waals surface area contributed by atoms with Gasteiger partial charge in [0.25, 0.3) is 0 Å². The number of hydrogen-bond acceptors (Lipinski definition) is 2. The normalized spacial score (nSPS) is 31.9. The Morgan fingerprint density at radius 1 is 1.29 bits per heavy atom. The molecule has 0 N–H and O–H groups in total. The van der Waals surface area contributed by atoms with Crippen LogP contribution in [0.2, 0.25) is 0 Å². The van der Waals surface area contributed by atoms with E-state index in [1.54, 1.807) is 0 Å². The van der Waals surface area contributed by atoms with Crippen LogP contribution in [0, 0.1) is 5.41 Å². The minimum atomic E-state index is 0.383. The molecule has 2 aliphatic rings. The van der Waals surface area contributed by atoms with E-state index >= 15 is 0 Å². The molecule has 2 fully saturated rings. The minimum Gasteiger partial charge on any atom is -0.379 e. The van der Waals surface area contributed by atoms with Crippen LogP contribution in [0.25, 0.3) is 0 Å². The van der Waals surface area contributed by atoms with Crippen LogP contribution in [-0.2, 0) is 9.47 Å². The fourth-order valence-electron chi connectivity index (χ4n) is 2.51. The molecule has 14 heavy (non-hydrogen) atoms. The van der Waals surface area contributed by atoms with Gasteiger partial charge in [-0.1, -0.05) is 26.2 Å². The van der Waals surface area contributed by atoms with Crippen molar-refractivity contribution in [3.8, 4) is 0 Å². The van der Waals surface area contributed by atoms with Crippen molar-refractivity contribution in [1.82, 2.24) is 0 Å². The van der Waals surface area contributed by atoms with Crippen molar-refractivity contribution < 1.29 is 9.47 Å². The molecule has 82 valence electrons. The summed E-state index contributed by atoms with van der Waals surface area (Å²) in [5.74, 6) is 0. The molecular weight excluding hydrogens is 176 g/mol. The highest BCUT2D eigenvalue weighted by atomic mass is 16.5. The van der Waals surface area contributed by atoms with Gasteiger partial charge in [-0.15, -0.1) is 0 Å². The third kappa shape index (κ3) is 2.71. The predicted octanol–water partition coefficient (Wildman–Crippen LogP) is 2.76. The highest BCUT2D eigenvalue weighted by Gasteiger charge is 2.28. The number of hydrogen-bond donors (Lipinski definition) is 0. The molecule has 1 saturated carbocycles. The minimum absolute atomic E-state index is 0.383. The lowest BCUT2D eigenvalue weighted by Crippen LogP contribution is -2.29. The van der Waals surface area contributed by atoms with Gasteiger partial charge in [-0.05, 0) is 24.7 Å². The molecule has 2 rings (SSSR count). The fourth-order valence-corrected chi connectivity index (χ4v) is 2.51. The maximum atomic E-state index is 5.92. The first-order valence-electron chi connectivity index (χ1n) is 5.98. The quantitative estimate of drug-likeness (QED) is 0.694. The molecule has 0 radical (unpaired) electrons. The standard InChI is InChI=1S/C12H22O2/c1-12(6-3-2-4-7-12)10-14-11-5-8-13-9-11/h11H,2-10H2,1H3/t11-/m0/s1. The van der Waals surface area contributed by atoms with Crippen molar-refractivity contribution in [3.63, 3.8) is 0 Å². The van der Waals surface area contributed by atoms with Crippen LogP contribution in [0.3, 0.4) is 0 Å². The Morgan fingerprint density at radius 2 is 2.07 bits per heavy atom. The molecular formula is C12H22O2. The average Bonchev–Trinajstić information content (AvgIpc) is 2.69. The topological polar surface area (TPSA) is 18.5 Å². The van der Waals surface area contributed by atoms with Crippen molar-refractivity contribution in [2.75, 3.05) is 19.8 Å². The van der Waals surface area contributed by atoms with Crippen molar-refractivity contribution >= 4 is 0 Å². The van der Waals surface area contributed by atoms with Crippen molar-refractivity contribution in [3.05, 3.63) is 0 Å². The van der Waals surface area contributed by atoms with E-state index in [-0.39, 0.29) is 0 Å². The van der Waals surface area contributed by atoms with Crippen LogP contribution in [0.15, 0.2) is 0 Å². The molecule has 1 aliphatic carbocycles. The average molecular weight is 198 g/mol. The zero-order valence-electron chi connectivity index (χ0n) is 9.26. The second-order valence-corrected chi connectivity index (χ2v) is 5.17. The summed E-state index contributed by atoms with van der Waals surface area (Å²) in [5, 5.41) is 0. The first kappa shape index (κ1) is 10.4. The summed E-state index contributed by atoms with van der Waals surface area (Å²) in [6.07, 6.45) is 8.37. The van der Waals surface area contributed by atoms with E-state index in [1.807, 2.05) is 0 Å². The number of ether oxygens (including phenoxy) is 2. The van der Waals surface area contributed by atoms with Crippen LogP contribution in [0.5, 0.6) is 0 Å². The summed E-state index contributed by atoms with van der Waals surface area (Å²) >= 11 is 0. The second kappa shape index (κ2) is 4.63. The Labute approximate surface area is 87.0 Å². The molecule has 0 aromatic carbocycles. The third-order valence-electron chi connectivity index (χ3n) is 3.62. The molecule has 2 heteroatoms. The van der Waals surface area contributed by atoms with Gasteiger partial charge in [0.1, 0.15) is 0 Å². The zero-order chi connectivity index (χ0) is 9.86. The van der Waals surface area contributed by atoms with E-state index in [0.717, 1.165) is 26.2 Å². The van der Waals surface area contributed by atoms with Crippen LogP contribution >= 0.6 is 0 Å². The van der Waals surface area contributed by atoms with E-state index < -0.39 is 0 Å². The Morgan fingerprint density at radius 3 is 2.71 bits per heavy atom. The monoisotopic (exact) mass is 198 g/mol. The first-order valence-corrected chi connectivity index (χ1v) is 5.98. The molecule has 1 atom stereocenters. The van der Waals surface area contributed by atoms with Crippen molar-refractivity contribution in [2.24, 2.45) is 5.41 Å². The second-order valence-electron chi connectivity index (χ2n) is 5.17. The van der Waals surface area contributed by atoms with Gasteiger partial charge in [-0.3, -0.25) is 0 Å². The van der Waals surface area contributed by atoms with Gasteiger partial charge in [-0.25, -0.2) is 0 Å². The Bertz CT molecular complexity index is 167. The Kier molecular flexibility index (Phi) is 3.45. The van der Waals surface area contributed by atoms with Gasteiger partial charge in [0.05, 0.1) is 19.3 Å². The zero-order valence-corrected chi connectivity index (χ0v) is 9.26. The van der Waals surface area contributed by atoms with Crippen molar-refractivity contribution in [1.29, 1.82) is 0 Å². The van der Waals surface area contributed by atoms with E-state index in [4.69, 9.17) is 9.47 Å². The summed E-state index contributed by atoms with van der Waals surface area (Å²) in [6.45, 7) is 5.03. The molecule has 1 aliphatic heterocycles. The summed E-state index contributed by atoms with van der Waals surface area (Å²) < 4.78 is 11.2. The van der Waals surface area contributed by atoms with Crippen LogP contribution in [0.4, 0.5) is 0 Å². The summed E-state index contributed by atoms with van der Waals surface area (Å²) in [5.41, 5.74) is 0.459. The van der Waals surface area contributed by atoms with Gasteiger partial charge >= 0.3 is 0 Å². The maximum absolute atomic E-state index is 5.92. The lowest BCUT2D eigenvalue weighted by molar-refractivity contribution is -0.0200. The van der Waals surface area contributed by atoms with Gasteiger partial charge in [0.15, 0.2) is 0 Å². The largest absolute Gasteiger partial charge is 0.379 e. The lowest BCUT2D eigenvalue weighted by atomic mass is 9.76. The van der Waals surface area contributed by atoms with Crippen LogP contribution < -0.4 is 0 Å². The molecule has 2 nitrogen and oxygen atoms in total. The molecule has 0 amide bonds. The molecule has 0 aromatic heterocycles. The maximum Gasteiger partial charge on any atom is 0.0830 e. The smallest absolute Gasteiger partial charge is 0.0830 e. The summed E-state index contributed by atoms with van der Waals surface area (Å²) in [7, 11) is 0. The highest BCUT2D eigenvalue weighted by Crippen LogP contribution is 2.36. The van der Waals surface area contributed by atoms with Gasteiger partial charge < -0.3 is 9.47 Å². The van der Waals surface area contributed by atoms with E-state index in [1.165, 1.54) is 32.1 Å². The van der Waals surface area contributed by atoms with Gasteiger partial charge in [0, 0.05) is 6.61 Å². The predicted molar refractivity (Wildman–Crippen MR) is 56.4 cm³/mol. The number of rotatable bonds is 3.